The Kier molecular flexibility index (Phi) is 4.61. The Morgan fingerprint density at radius 1 is 1.10 bits per heavy atom. The molecule has 3 rings (SSSR count). The summed E-state index contributed by atoms with van der Waals surface area (Å²) in [6.07, 6.45) is 6.46. The maximum absolute atomic E-state index is 12.7. The molecule has 3 unspecified atom stereocenters. The van der Waals surface area contributed by atoms with E-state index in [9.17, 15) is 4.79 Å². The number of hydrogen-bond donors (Lipinski definition) is 1. The van der Waals surface area contributed by atoms with Gasteiger partial charge in [-0.2, -0.15) is 0 Å². The molecule has 0 radical (unpaired) electrons. The van der Waals surface area contributed by atoms with Gasteiger partial charge in [0.2, 0.25) is 5.91 Å². The zero-order valence-electron chi connectivity index (χ0n) is 12.8. The summed E-state index contributed by atoms with van der Waals surface area (Å²) < 4.78 is 0. The number of amides is 1. The number of fused-ring (bicyclic) bond motifs is 1. The molecule has 4 heteroatoms. The summed E-state index contributed by atoms with van der Waals surface area (Å²) in [6, 6.07) is 0.544. The Labute approximate surface area is 122 Å². The van der Waals surface area contributed by atoms with Crippen molar-refractivity contribution in [2.45, 2.75) is 45.1 Å². The van der Waals surface area contributed by atoms with Gasteiger partial charge in [0.05, 0.1) is 6.54 Å². The summed E-state index contributed by atoms with van der Waals surface area (Å²) in [5.41, 5.74) is 0. The van der Waals surface area contributed by atoms with Crippen molar-refractivity contribution < 1.29 is 4.79 Å². The molecule has 1 N–H and O–H groups in total. The van der Waals surface area contributed by atoms with E-state index in [1.807, 2.05) is 0 Å². The first kappa shape index (κ1) is 14.3. The van der Waals surface area contributed by atoms with Gasteiger partial charge in [0, 0.05) is 38.8 Å². The largest absolute Gasteiger partial charge is 0.338 e. The predicted octanol–water partition coefficient (Wildman–Crippen LogP) is 1.32. The van der Waals surface area contributed by atoms with Crippen LogP contribution < -0.4 is 5.32 Å². The van der Waals surface area contributed by atoms with E-state index in [1.54, 1.807) is 0 Å². The molecule has 0 aromatic rings. The fraction of sp³-hybridized carbons (Fsp3) is 0.938. The Hall–Kier alpha value is -0.610. The highest BCUT2D eigenvalue weighted by Gasteiger charge is 2.39. The van der Waals surface area contributed by atoms with Gasteiger partial charge in [-0.3, -0.25) is 9.69 Å². The molecule has 0 aromatic heterocycles. The number of piperazine rings is 1. The molecule has 3 fully saturated rings. The second-order valence-corrected chi connectivity index (χ2v) is 6.89. The van der Waals surface area contributed by atoms with E-state index in [0.29, 0.717) is 18.5 Å². The highest BCUT2D eigenvalue weighted by atomic mass is 16.2. The third kappa shape index (κ3) is 3.01. The highest BCUT2D eigenvalue weighted by molar-refractivity contribution is 5.78. The molecule has 114 valence electrons. The molecule has 0 spiro atoms. The van der Waals surface area contributed by atoms with Gasteiger partial charge in [0.25, 0.3) is 0 Å². The molecule has 2 aliphatic heterocycles. The van der Waals surface area contributed by atoms with Crippen LogP contribution in [0.25, 0.3) is 0 Å². The molecule has 4 nitrogen and oxygen atoms in total. The van der Waals surface area contributed by atoms with Crippen LogP contribution in [0.15, 0.2) is 0 Å². The fourth-order valence-corrected chi connectivity index (χ4v) is 4.37. The first-order valence-electron chi connectivity index (χ1n) is 8.48. The minimum Gasteiger partial charge on any atom is -0.338 e. The monoisotopic (exact) mass is 279 g/mol. The molecule has 2 heterocycles. The molecule has 1 amide bonds. The number of rotatable bonds is 2. The maximum Gasteiger partial charge on any atom is 0.237 e. The van der Waals surface area contributed by atoms with Crippen molar-refractivity contribution in [3.05, 3.63) is 0 Å². The number of hydrogen-bond acceptors (Lipinski definition) is 3. The molecule has 2 saturated heterocycles. The molecule has 0 bridgehead atoms. The summed E-state index contributed by atoms with van der Waals surface area (Å²) in [5, 5.41) is 3.35. The molecule has 20 heavy (non-hydrogen) atoms. The normalized spacial score (nSPS) is 35.6. The Balaban J connectivity index is 1.61. The number of carbonyl (C=O) groups is 1. The van der Waals surface area contributed by atoms with Crippen molar-refractivity contribution in [1.29, 1.82) is 0 Å². The highest BCUT2D eigenvalue weighted by Crippen LogP contribution is 2.38. The molecule has 3 atom stereocenters. The molecule has 3 aliphatic rings. The van der Waals surface area contributed by atoms with Gasteiger partial charge in [0.15, 0.2) is 0 Å². The van der Waals surface area contributed by atoms with Crippen LogP contribution in [-0.2, 0) is 4.79 Å². The smallest absolute Gasteiger partial charge is 0.237 e. The van der Waals surface area contributed by atoms with Gasteiger partial charge in [-0.15, -0.1) is 0 Å². The van der Waals surface area contributed by atoms with E-state index in [4.69, 9.17) is 0 Å². The van der Waals surface area contributed by atoms with Gasteiger partial charge >= 0.3 is 0 Å². The third-order valence-electron chi connectivity index (χ3n) is 5.63. The predicted molar refractivity (Wildman–Crippen MR) is 80.5 cm³/mol. The summed E-state index contributed by atoms with van der Waals surface area (Å²) in [7, 11) is 0. The molecule has 1 saturated carbocycles. The van der Waals surface area contributed by atoms with E-state index in [-0.39, 0.29) is 0 Å². The standard InChI is InChI=1S/C16H29N3O/c1-13-6-9-19(15-5-3-2-4-14(13)15)16(20)12-18-10-7-17-8-11-18/h13-15,17H,2-12H2,1H3. The van der Waals surface area contributed by atoms with Crippen molar-refractivity contribution in [3.63, 3.8) is 0 Å². The van der Waals surface area contributed by atoms with Crippen LogP contribution in [0.1, 0.15) is 39.0 Å². The van der Waals surface area contributed by atoms with Crippen LogP contribution in [0, 0.1) is 11.8 Å². The zero-order valence-corrected chi connectivity index (χ0v) is 12.8. The molecule has 1 aliphatic carbocycles. The summed E-state index contributed by atoms with van der Waals surface area (Å²) in [4.78, 5) is 17.2. The van der Waals surface area contributed by atoms with Gasteiger partial charge < -0.3 is 10.2 Å². The third-order valence-corrected chi connectivity index (χ3v) is 5.63. The number of nitrogens with one attached hydrogen (secondary N) is 1. The lowest BCUT2D eigenvalue weighted by Crippen LogP contribution is -2.56. The van der Waals surface area contributed by atoms with E-state index in [2.05, 4.69) is 22.0 Å². The van der Waals surface area contributed by atoms with E-state index in [0.717, 1.165) is 44.6 Å². The SMILES string of the molecule is CC1CCN(C(=O)CN2CCNCC2)C2CCCCC12. The number of carbonyl (C=O) groups excluding carboxylic acids is 1. The lowest BCUT2D eigenvalue weighted by molar-refractivity contribution is -0.140. The van der Waals surface area contributed by atoms with Gasteiger partial charge in [-0.05, 0) is 31.1 Å². The second kappa shape index (κ2) is 6.44. The van der Waals surface area contributed by atoms with Crippen LogP contribution in [-0.4, -0.2) is 61.0 Å². The van der Waals surface area contributed by atoms with Crippen molar-refractivity contribution in [2.75, 3.05) is 39.3 Å². The summed E-state index contributed by atoms with van der Waals surface area (Å²) in [5.74, 6) is 1.96. The van der Waals surface area contributed by atoms with Crippen LogP contribution >= 0.6 is 0 Å². The zero-order chi connectivity index (χ0) is 13.9. The van der Waals surface area contributed by atoms with Crippen LogP contribution in [0.3, 0.4) is 0 Å². The maximum atomic E-state index is 12.7. The van der Waals surface area contributed by atoms with Crippen LogP contribution in [0.5, 0.6) is 0 Å². The Morgan fingerprint density at radius 2 is 1.85 bits per heavy atom. The first-order chi connectivity index (χ1) is 9.75. The van der Waals surface area contributed by atoms with Crippen molar-refractivity contribution in [2.24, 2.45) is 11.8 Å². The second-order valence-electron chi connectivity index (χ2n) is 6.89. The van der Waals surface area contributed by atoms with Crippen molar-refractivity contribution in [1.82, 2.24) is 15.1 Å². The molecular formula is C16H29N3O. The Bertz CT molecular complexity index is 341. The van der Waals surface area contributed by atoms with E-state index in [1.165, 1.54) is 32.1 Å². The first-order valence-corrected chi connectivity index (χ1v) is 8.48. The topological polar surface area (TPSA) is 35.6 Å². The van der Waals surface area contributed by atoms with E-state index >= 15 is 0 Å². The Morgan fingerprint density at radius 3 is 2.65 bits per heavy atom. The van der Waals surface area contributed by atoms with Crippen molar-refractivity contribution in [3.8, 4) is 0 Å². The lowest BCUT2D eigenvalue weighted by Gasteiger charge is -2.47. The van der Waals surface area contributed by atoms with Gasteiger partial charge in [0.1, 0.15) is 0 Å². The minimum absolute atomic E-state index is 0.385. The lowest BCUT2D eigenvalue weighted by atomic mass is 9.72. The van der Waals surface area contributed by atoms with Crippen molar-refractivity contribution >= 4 is 5.91 Å². The number of nitrogens with zero attached hydrogens (tertiary/aromatic N) is 2. The van der Waals surface area contributed by atoms with Crippen LogP contribution in [0.4, 0.5) is 0 Å². The molecular weight excluding hydrogens is 250 g/mol. The summed E-state index contributed by atoms with van der Waals surface area (Å²) >= 11 is 0. The molecule has 0 aromatic carbocycles. The number of piperidine rings is 1. The van der Waals surface area contributed by atoms with Gasteiger partial charge in [-0.25, -0.2) is 0 Å². The summed E-state index contributed by atoms with van der Waals surface area (Å²) in [6.45, 7) is 8.11. The van der Waals surface area contributed by atoms with Gasteiger partial charge in [-0.1, -0.05) is 19.8 Å². The number of likely N-dealkylation sites (tertiary alicyclic amines) is 1. The quantitative estimate of drug-likeness (QED) is 0.828. The minimum atomic E-state index is 0.385. The van der Waals surface area contributed by atoms with Crippen LogP contribution in [0.2, 0.25) is 0 Å². The van der Waals surface area contributed by atoms with E-state index < -0.39 is 0 Å². The average Bonchev–Trinajstić information content (AvgIpc) is 2.49. The fourth-order valence-electron chi connectivity index (χ4n) is 4.37. The average molecular weight is 279 g/mol.